The zero-order chi connectivity index (χ0) is 11.4. The van der Waals surface area contributed by atoms with Gasteiger partial charge in [0.1, 0.15) is 0 Å². The first-order valence-corrected chi connectivity index (χ1v) is 5.62. The standard InChI is InChI=1S/C12H14ClN3/c1-14-12-15-8-11(16-12)6-5-9-3-2-4-10(13)7-9/h2-4,7-8H,5-6H2,1H3,(H2,14,15,16). The highest BCUT2D eigenvalue weighted by atomic mass is 35.5. The molecule has 3 nitrogen and oxygen atoms in total. The predicted molar refractivity (Wildman–Crippen MR) is 67.0 cm³/mol. The number of benzene rings is 1. The fraction of sp³-hybridized carbons (Fsp3) is 0.250. The third kappa shape index (κ3) is 2.76. The smallest absolute Gasteiger partial charge is 0.200 e. The number of aromatic amines is 1. The molecule has 0 aliphatic heterocycles. The van der Waals surface area contributed by atoms with Crippen molar-refractivity contribution in [3.63, 3.8) is 0 Å². The van der Waals surface area contributed by atoms with Crippen LogP contribution < -0.4 is 5.32 Å². The highest BCUT2D eigenvalue weighted by Crippen LogP contribution is 2.13. The summed E-state index contributed by atoms with van der Waals surface area (Å²) >= 11 is 5.92. The van der Waals surface area contributed by atoms with E-state index in [0.29, 0.717) is 0 Å². The van der Waals surface area contributed by atoms with Crippen molar-refractivity contribution in [2.45, 2.75) is 12.8 Å². The molecule has 0 aliphatic carbocycles. The van der Waals surface area contributed by atoms with Gasteiger partial charge in [0.05, 0.1) is 6.20 Å². The number of nitrogens with one attached hydrogen (secondary N) is 2. The number of halogens is 1. The van der Waals surface area contributed by atoms with Crippen LogP contribution in [0.25, 0.3) is 0 Å². The van der Waals surface area contributed by atoms with Gasteiger partial charge in [-0.2, -0.15) is 0 Å². The number of H-pyrrole nitrogens is 1. The van der Waals surface area contributed by atoms with Crippen molar-refractivity contribution < 1.29 is 0 Å². The average molecular weight is 236 g/mol. The molecule has 0 saturated heterocycles. The number of hydrogen-bond acceptors (Lipinski definition) is 2. The van der Waals surface area contributed by atoms with Crippen LogP contribution in [0.4, 0.5) is 5.95 Å². The van der Waals surface area contributed by atoms with Gasteiger partial charge in [-0.25, -0.2) is 4.98 Å². The summed E-state index contributed by atoms with van der Waals surface area (Å²) in [5.74, 6) is 0.807. The van der Waals surface area contributed by atoms with Crippen molar-refractivity contribution in [2.75, 3.05) is 12.4 Å². The van der Waals surface area contributed by atoms with Crippen LogP contribution in [0.15, 0.2) is 30.5 Å². The van der Waals surface area contributed by atoms with Crippen molar-refractivity contribution in [1.29, 1.82) is 0 Å². The molecule has 2 rings (SSSR count). The molecule has 2 aromatic rings. The van der Waals surface area contributed by atoms with E-state index in [1.807, 2.05) is 31.4 Å². The van der Waals surface area contributed by atoms with Crippen LogP contribution in [0, 0.1) is 0 Å². The van der Waals surface area contributed by atoms with Crippen LogP contribution in [-0.4, -0.2) is 17.0 Å². The monoisotopic (exact) mass is 235 g/mol. The first kappa shape index (κ1) is 11.0. The van der Waals surface area contributed by atoms with E-state index in [-0.39, 0.29) is 0 Å². The maximum absolute atomic E-state index is 5.92. The van der Waals surface area contributed by atoms with Gasteiger partial charge in [-0.15, -0.1) is 0 Å². The molecule has 16 heavy (non-hydrogen) atoms. The normalized spacial score (nSPS) is 10.4. The van der Waals surface area contributed by atoms with Gasteiger partial charge in [0.15, 0.2) is 5.95 Å². The van der Waals surface area contributed by atoms with Gasteiger partial charge in [0, 0.05) is 17.8 Å². The first-order chi connectivity index (χ1) is 7.78. The lowest BCUT2D eigenvalue weighted by Gasteiger charge is -2.00. The van der Waals surface area contributed by atoms with Gasteiger partial charge in [0.2, 0.25) is 0 Å². The van der Waals surface area contributed by atoms with Crippen molar-refractivity contribution in [1.82, 2.24) is 9.97 Å². The Morgan fingerprint density at radius 1 is 1.38 bits per heavy atom. The van der Waals surface area contributed by atoms with E-state index >= 15 is 0 Å². The summed E-state index contributed by atoms with van der Waals surface area (Å²) in [7, 11) is 1.85. The third-order valence-electron chi connectivity index (χ3n) is 2.44. The molecule has 2 N–H and O–H groups in total. The van der Waals surface area contributed by atoms with E-state index in [2.05, 4.69) is 21.4 Å². The summed E-state index contributed by atoms with van der Waals surface area (Å²) in [6.07, 6.45) is 3.76. The van der Waals surface area contributed by atoms with Crippen molar-refractivity contribution in [2.24, 2.45) is 0 Å². The molecule has 0 unspecified atom stereocenters. The summed E-state index contributed by atoms with van der Waals surface area (Å²) in [5.41, 5.74) is 2.37. The number of rotatable bonds is 4. The largest absolute Gasteiger partial charge is 0.359 e. The van der Waals surface area contributed by atoms with E-state index in [9.17, 15) is 0 Å². The van der Waals surface area contributed by atoms with Crippen LogP contribution in [0.3, 0.4) is 0 Å². The molecule has 0 fully saturated rings. The molecule has 1 aromatic carbocycles. The van der Waals surface area contributed by atoms with Crippen molar-refractivity contribution >= 4 is 17.5 Å². The summed E-state index contributed by atoms with van der Waals surface area (Å²) in [6.45, 7) is 0. The SMILES string of the molecule is CNc1ncc(CCc2cccc(Cl)c2)[nH]1. The number of anilines is 1. The summed E-state index contributed by atoms with van der Waals surface area (Å²) in [5, 5.41) is 3.76. The van der Waals surface area contributed by atoms with Gasteiger partial charge >= 0.3 is 0 Å². The van der Waals surface area contributed by atoms with E-state index in [0.717, 1.165) is 29.5 Å². The number of nitrogens with zero attached hydrogens (tertiary/aromatic N) is 1. The highest BCUT2D eigenvalue weighted by molar-refractivity contribution is 6.30. The topological polar surface area (TPSA) is 40.7 Å². The summed E-state index contributed by atoms with van der Waals surface area (Å²) in [4.78, 5) is 7.36. The fourth-order valence-corrected chi connectivity index (χ4v) is 1.80. The molecule has 4 heteroatoms. The molecule has 1 aromatic heterocycles. The molecule has 0 saturated carbocycles. The Labute approximate surface area is 99.9 Å². The Bertz CT molecular complexity index is 465. The average Bonchev–Trinajstić information content (AvgIpc) is 2.74. The minimum Gasteiger partial charge on any atom is -0.359 e. The molecular weight excluding hydrogens is 222 g/mol. The maximum Gasteiger partial charge on any atom is 0.200 e. The molecule has 0 spiro atoms. The summed E-state index contributed by atoms with van der Waals surface area (Å²) in [6, 6.07) is 7.95. The lowest BCUT2D eigenvalue weighted by atomic mass is 10.1. The molecule has 0 atom stereocenters. The molecule has 0 amide bonds. The Kier molecular flexibility index (Phi) is 3.47. The van der Waals surface area contributed by atoms with Crippen LogP contribution in [-0.2, 0) is 12.8 Å². The number of hydrogen-bond donors (Lipinski definition) is 2. The molecule has 84 valence electrons. The third-order valence-corrected chi connectivity index (χ3v) is 2.67. The Morgan fingerprint density at radius 3 is 2.94 bits per heavy atom. The van der Waals surface area contributed by atoms with Crippen molar-refractivity contribution in [3.05, 3.63) is 46.7 Å². The van der Waals surface area contributed by atoms with E-state index in [1.54, 1.807) is 0 Å². The first-order valence-electron chi connectivity index (χ1n) is 5.24. The minimum atomic E-state index is 0.790. The minimum absolute atomic E-state index is 0.790. The maximum atomic E-state index is 5.92. The van der Waals surface area contributed by atoms with Crippen LogP contribution >= 0.6 is 11.6 Å². The van der Waals surface area contributed by atoms with Crippen LogP contribution in [0.5, 0.6) is 0 Å². The van der Waals surface area contributed by atoms with E-state index in [1.165, 1.54) is 5.56 Å². The van der Waals surface area contributed by atoms with Gasteiger partial charge in [0.25, 0.3) is 0 Å². The molecule has 0 aliphatic rings. The number of imidazole rings is 1. The van der Waals surface area contributed by atoms with Gasteiger partial charge in [-0.1, -0.05) is 23.7 Å². The second-order valence-electron chi connectivity index (χ2n) is 3.64. The Hall–Kier alpha value is -1.48. The zero-order valence-electron chi connectivity index (χ0n) is 9.13. The van der Waals surface area contributed by atoms with Crippen molar-refractivity contribution in [3.8, 4) is 0 Å². The highest BCUT2D eigenvalue weighted by Gasteiger charge is 2.00. The Morgan fingerprint density at radius 2 is 2.25 bits per heavy atom. The zero-order valence-corrected chi connectivity index (χ0v) is 9.88. The van der Waals surface area contributed by atoms with Crippen LogP contribution in [0.2, 0.25) is 5.02 Å². The lowest BCUT2D eigenvalue weighted by molar-refractivity contribution is 0.926. The quantitative estimate of drug-likeness (QED) is 0.856. The predicted octanol–water partition coefficient (Wildman–Crippen LogP) is 2.89. The van der Waals surface area contributed by atoms with Gasteiger partial charge < -0.3 is 10.3 Å². The molecule has 0 bridgehead atoms. The number of aryl methyl sites for hydroxylation is 2. The lowest BCUT2D eigenvalue weighted by Crippen LogP contribution is -1.93. The van der Waals surface area contributed by atoms with E-state index in [4.69, 9.17) is 11.6 Å². The van der Waals surface area contributed by atoms with Crippen LogP contribution in [0.1, 0.15) is 11.3 Å². The second-order valence-corrected chi connectivity index (χ2v) is 4.07. The van der Waals surface area contributed by atoms with Gasteiger partial charge in [-0.05, 0) is 30.5 Å². The second kappa shape index (κ2) is 5.03. The molecule has 0 radical (unpaired) electrons. The number of aromatic nitrogens is 2. The molecule has 1 heterocycles. The summed E-state index contributed by atoms with van der Waals surface area (Å²) < 4.78 is 0. The van der Waals surface area contributed by atoms with E-state index < -0.39 is 0 Å². The Balaban J connectivity index is 1.96. The van der Waals surface area contributed by atoms with Gasteiger partial charge in [-0.3, -0.25) is 0 Å². The fourth-order valence-electron chi connectivity index (χ4n) is 1.58. The molecular formula is C12H14ClN3.